The second kappa shape index (κ2) is 4.09. The van der Waals surface area contributed by atoms with Gasteiger partial charge in [-0.3, -0.25) is 0 Å². The summed E-state index contributed by atoms with van der Waals surface area (Å²) >= 11 is 0. The van der Waals surface area contributed by atoms with Crippen LogP contribution >= 0.6 is 0 Å². The van der Waals surface area contributed by atoms with Gasteiger partial charge in [0.1, 0.15) is 5.52 Å². The Bertz CT molecular complexity index is 490. The molecule has 0 spiro atoms. The molecule has 2 heterocycles. The molecular formula is C11H17N5. The fraction of sp³-hybridized carbons (Fsp3) is 0.455. The summed E-state index contributed by atoms with van der Waals surface area (Å²) in [7, 11) is 3.97. The van der Waals surface area contributed by atoms with E-state index in [1.807, 2.05) is 24.7 Å². The third-order valence-corrected chi connectivity index (χ3v) is 2.96. The SMILES string of the molecule is CC(CN)N(C)c1nccc2c1ncn2C. The minimum atomic E-state index is 0.250. The summed E-state index contributed by atoms with van der Waals surface area (Å²) < 4.78 is 1.99. The maximum atomic E-state index is 5.66. The van der Waals surface area contributed by atoms with Crippen LogP contribution in [0.1, 0.15) is 6.92 Å². The van der Waals surface area contributed by atoms with Gasteiger partial charge in [0.05, 0.1) is 11.8 Å². The maximum Gasteiger partial charge on any atom is 0.156 e. The summed E-state index contributed by atoms with van der Waals surface area (Å²) in [4.78, 5) is 10.8. The number of nitrogens with two attached hydrogens (primary N) is 1. The van der Waals surface area contributed by atoms with E-state index in [0.717, 1.165) is 16.9 Å². The van der Waals surface area contributed by atoms with Gasteiger partial charge in [0, 0.05) is 32.9 Å². The monoisotopic (exact) mass is 219 g/mol. The topological polar surface area (TPSA) is 60.0 Å². The molecule has 5 nitrogen and oxygen atoms in total. The van der Waals surface area contributed by atoms with Gasteiger partial charge in [-0.1, -0.05) is 0 Å². The van der Waals surface area contributed by atoms with Gasteiger partial charge < -0.3 is 15.2 Å². The maximum absolute atomic E-state index is 5.66. The molecule has 1 unspecified atom stereocenters. The standard InChI is InChI=1S/C11H17N5/c1-8(6-12)16(3)11-10-9(4-5-13-11)15(2)7-14-10/h4-5,7-8H,6,12H2,1-3H3. The second-order valence-electron chi connectivity index (χ2n) is 4.05. The molecule has 0 radical (unpaired) electrons. The third kappa shape index (κ3) is 1.63. The number of imidazole rings is 1. The molecule has 2 N–H and O–H groups in total. The van der Waals surface area contributed by atoms with Gasteiger partial charge in [-0.25, -0.2) is 9.97 Å². The summed E-state index contributed by atoms with van der Waals surface area (Å²) in [6.07, 6.45) is 3.61. The molecule has 0 fully saturated rings. The summed E-state index contributed by atoms with van der Waals surface area (Å²) in [6.45, 7) is 2.67. The van der Waals surface area contributed by atoms with Crippen molar-refractivity contribution < 1.29 is 0 Å². The molecule has 2 aromatic rings. The van der Waals surface area contributed by atoms with Gasteiger partial charge in [-0.2, -0.15) is 0 Å². The lowest BCUT2D eigenvalue weighted by Gasteiger charge is -2.24. The van der Waals surface area contributed by atoms with Crippen molar-refractivity contribution in [3.8, 4) is 0 Å². The number of aromatic nitrogens is 3. The van der Waals surface area contributed by atoms with Crippen LogP contribution in [0.3, 0.4) is 0 Å². The molecule has 0 saturated carbocycles. The van der Waals surface area contributed by atoms with E-state index in [1.165, 1.54) is 0 Å². The molecule has 0 amide bonds. The lowest BCUT2D eigenvalue weighted by Crippen LogP contribution is -2.35. The number of hydrogen-bond donors (Lipinski definition) is 1. The Morgan fingerprint density at radius 1 is 1.50 bits per heavy atom. The number of likely N-dealkylation sites (N-methyl/N-ethyl adjacent to an activating group) is 1. The normalized spacial score (nSPS) is 13.0. The Labute approximate surface area is 94.9 Å². The van der Waals surface area contributed by atoms with E-state index in [9.17, 15) is 0 Å². The quantitative estimate of drug-likeness (QED) is 0.827. The van der Waals surface area contributed by atoms with Crippen molar-refractivity contribution >= 4 is 16.9 Å². The molecule has 0 aliphatic rings. The molecule has 86 valence electrons. The number of pyridine rings is 1. The van der Waals surface area contributed by atoms with E-state index in [0.29, 0.717) is 6.54 Å². The summed E-state index contributed by atoms with van der Waals surface area (Å²) in [5.74, 6) is 0.885. The number of rotatable bonds is 3. The zero-order valence-electron chi connectivity index (χ0n) is 9.88. The Hall–Kier alpha value is -1.62. The highest BCUT2D eigenvalue weighted by Crippen LogP contribution is 2.22. The minimum Gasteiger partial charge on any atom is -0.354 e. The molecule has 2 aromatic heterocycles. The molecule has 0 aliphatic heterocycles. The molecule has 1 atom stereocenters. The zero-order chi connectivity index (χ0) is 11.7. The van der Waals surface area contributed by atoms with E-state index in [4.69, 9.17) is 5.73 Å². The fourth-order valence-corrected chi connectivity index (χ4v) is 1.67. The van der Waals surface area contributed by atoms with Crippen LogP contribution in [-0.2, 0) is 7.05 Å². The highest BCUT2D eigenvalue weighted by molar-refractivity contribution is 5.86. The number of hydrogen-bond acceptors (Lipinski definition) is 4. The van der Waals surface area contributed by atoms with Crippen molar-refractivity contribution in [2.75, 3.05) is 18.5 Å². The predicted molar refractivity (Wildman–Crippen MR) is 65.4 cm³/mol. The first-order valence-electron chi connectivity index (χ1n) is 5.34. The number of anilines is 1. The molecular weight excluding hydrogens is 202 g/mol. The molecule has 2 rings (SSSR count). The minimum absolute atomic E-state index is 0.250. The van der Waals surface area contributed by atoms with Crippen LogP contribution in [0.5, 0.6) is 0 Å². The van der Waals surface area contributed by atoms with Crippen LogP contribution in [0, 0.1) is 0 Å². The first kappa shape index (κ1) is 10.9. The van der Waals surface area contributed by atoms with E-state index in [-0.39, 0.29) is 6.04 Å². The van der Waals surface area contributed by atoms with E-state index >= 15 is 0 Å². The highest BCUT2D eigenvalue weighted by Gasteiger charge is 2.14. The average molecular weight is 219 g/mol. The van der Waals surface area contributed by atoms with E-state index in [1.54, 1.807) is 12.5 Å². The molecule has 0 aliphatic carbocycles. The number of nitrogens with zero attached hydrogens (tertiary/aromatic N) is 4. The van der Waals surface area contributed by atoms with E-state index in [2.05, 4.69) is 21.8 Å². The van der Waals surface area contributed by atoms with Crippen LogP contribution in [-0.4, -0.2) is 34.2 Å². The number of fused-ring (bicyclic) bond motifs is 1. The van der Waals surface area contributed by atoms with Crippen LogP contribution in [0.2, 0.25) is 0 Å². The first-order chi connectivity index (χ1) is 7.65. The molecule has 0 saturated heterocycles. The zero-order valence-corrected chi connectivity index (χ0v) is 9.88. The Morgan fingerprint density at radius 3 is 2.94 bits per heavy atom. The summed E-state index contributed by atoms with van der Waals surface area (Å²) in [5.41, 5.74) is 7.67. The van der Waals surface area contributed by atoms with Gasteiger partial charge in [0.15, 0.2) is 5.82 Å². The van der Waals surface area contributed by atoms with Gasteiger partial charge >= 0.3 is 0 Å². The lowest BCUT2D eigenvalue weighted by atomic mass is 10.3. The van der Waals surface area contributed by atoms with Crippen molar-refractivity contribution in [2.24, 2.45) is 12.8 Å². The highest BCUT2D eigenvalue weighted by atomic mass is 15.2. The Morgan fingerprint density at radius 2 is 2.25 bits per heavy atom. The van der Waals surface area contributed by atoms with Gasteiger partial charge in [-0.15, -0.1) is 0 Å². The van der Waals surface area contributed by atoms with Crippen molar-refractivity contribution in [3.63, 3.8) is 0 Å². The Balaban J connectivity index is 2.52. The van der Waals surface area contributed by atoms with Crippen molar-refractivity contribution in [1.29, 1.82) is 0 Å². The van der Waals surface area contributed by atoms with Crippen molar-refractivity contribution in [1.82, 2.24) is 14.5 Å². The smallest absolute Gasteiger partial charge is 0.156 e. The predicted octanol–water partition coefficient (Wildman–Crippen LogP) is 0.752. The number of aryl methyl sites for hydroxylation is 1. The second-order valence-corrected chi connectivity index (χ2v) is 4.05. The van der Waals surface area contributed by atoms with Crippen LogP contribution in [0.25, 0.3) is 11.0 Å². The fourth-order valence-electron chi connectivity index (χ4n) is 1.67. The van der Waals surface area contributed by atoms with Gasteiger partial charge in [0.25, 0.3) is 0 Å². The van der Waals surface area contributed by atoms with Gasteiger partial charge in [-0.05, 0) is 13.0 Å². The molecule has 16 heavy (non-hydrogen) atoms. The summed E-state index contributed by atoms with van der Waals surface area (Å²) in [6, 6.07) is 2.22. The molecule has 0 bridgehead atoms. The van der Waals surface area contributed by atoms with Crippen molar-refractivity contribution in [3.05, 3.63) is 18.6 Å². The van der Waals surface area contributed by atoms with Gasteiger partial charge in [0.2, 0.25) is 0 Å². The summed E-state index contributed by atoms with van der Waals surface area (Å²) in [5, 5.41) is 0. The lowest BCUT2D eigenvalue weighted by molar-refractivity contribution is 0.689. The molecule has 0 aromatic carbocycles. The Kier molecular flexibility index (Phi) is 2.78. The average Bonchev–Trinajstić information content (AvgIpc) is 2.69. The third-order valence-electron chi connectivity index (χ3n) is 2.96. The first-order valence-corrected chi connectivity index (χ1v) is 5.34. The van der Waals surface area contributed by atoms with Crippen LogP contribution in [0.4, 0.5) is 5.82 Å². The van der Waals surface area contributed by atoms with E-state index < -0.39 is 0 Å². The van der Waals surface area contributed by atoms with Crippen LogP contribution in [0.15, 0.2) is 18.6 Å². The largest absolute Gasteiger partial charge is 0.354 e. The molecule has 5 heteroatoms. The van der Waals surface area contributed by atoms with Crippen LogP contribution < -0.4 is 10.6 Å². The van der Waals surface area contributed by atoms with Crippen molar-refractivity contribution in [2.45, 2.75) is 13.0 Å².